The SMILES string of the molecule is COC(=O)[C@H](Cc1ccc(OCc2ccccc2)cc1)NC(=O)c1ccc(OCc2ccccc2Cl)cc1. The Kier molecular flexibility index (Phi) is 9.37. The van der Waals surface area contributed by atoms with E-state index in [1.807, 2.05) is 72.8 Å². The second-order valence-corrected chi connectivity index (χ2v) is 8.98. The fourth-order valence-electron chi connectivity index (χ4n) is 3.75. The number of carbonyl (C=O) groups excluding carboxylic acids is 2. The van der Waals surface area contributed by atoms with Crippen molar-refractivity contribution in [2.45, 2.75) is 25.7 Å². The summed E-state index contributed by atoms with van der Waals surface area (Å²) in [6, 6.07) is 30.6. The van der Waals surface area contributed by atoms with Crippen molar-refractivity contribution in [1.82, 2.24) is 5.32 Å². The normalized spacial score (nSPS) is 11.3. The van der Waals surface area contributed by atoms with Crippen LogP contribution < -0.4 is 14.8 Å². The summed E-state index contributed by atoms with van der Waals surface area (Å²) in [6.07, 6.45) is 0.274. The highest BCUT2D eigenvalue weighted by molar-refractivity contribution is 6.31. The molecule has 4 aromatic rings. The lowest BCUT2D eigenvalue weighted by Gasteiger charge is -2.17. The molecule has 0 bridgehead atoms. The first kappa shape index (κ1) is 26.8. The molecule has 0 aliphatic heterocycles. The standard InChI is InChI=1S/C31H28ClNO5/c1-36-31(35)29(19-22-11-15-26(16-12-22)37-20-23-7-3-2-4-8-23)33-30(34)24-13-17-27(18-14-24)38-21-25-9-5-6-10-28(25)32/h2-18,29H,19-21H2,1H3,(H,33,34)/t29-/m0/s1. The van der Waals surface area contributed by atoms with E-state index in [1.54, 1.807) is 30.3 Å². The lowest BCUT2D eigenvalue weighted by atomic mass is 10.0. The van der Waals surface area contributed by atoms with Crippen molar-refractivity contribution in [2.75, 3.05) is 7.11 Å². The molecule has 1 atom stereocenters. The number of amides is 1. The molecular weight excluding hydrogens is 502 g/mol. The van der Waals surface area contributed by atoms with E-state index in [0.29, 0.717) is 35.3 Å². The molecule has 0 saturated carbocycles. The van der Waals surface area contributed by atoms with Crippen molar-refractivity contribution in [3.63, 3.8) is 0 Å². The number of methoxy groups -OCH3 is 1. The smallest absolute Gasteiger partial charge is 0.328 e. The number of rotatable bonds is 11. The van der Waals surface area contributed by atoms with Crippen LogP contribution in [0.2, 0.25) is 5.02 Å². The van der Waals surface area contributed by atoms with Crippen molar-refractivity contribution in [2.24, 2.45) is 0 Å². The Morgan fingerprint density at radius 1 is 0.737 bits per heavy atom. The first-order chi connectivity index (χ1) is 18.5. The van der Waals surface area contributed by atoms with E-state index >= 15 is 0 Å². The van der Waals surface area contributed by atoms with Gasteiger partial charge in [0.2, 0.25) is 0 Å². The maximum atomic E-state index is 12.9. The third-order valence-electron chi connectivity index (χ3n) is 5.87. The zero-order valence-electron chi connectivity index (χ0n) is 20.9. The van der Waals surface area contributed by atoms with Gasteiger partial charge in [-0.05, 0) is 53.6 Å². The Labute approximate surface area is 227 Å². The largest absolute Gasteiger partial charge is 0.489 e. The highest BCUT2D eigenvalue weighted by atomic mass is 35.5. The maximum Gasteiger partial charge on any atom is 0.328 e. The monoisotopic (exact) mass is 529 g/mol. The third kappa shape index (κ3) is 7.60. The predicted octanol–water partition coefficient (Wildman–Crippen LogP) is 6.01. The van der Waals surface area contributed by atoms with E-state index in [2.05, 4.69) is 5.32 Å². The topological polar surface area (TPSA) is 73.9 Å². The third-order valence-corrected chi connectivity index (χ3v) is 6.24. The van der Waals surface area contributed by atoms with Crippen LogP contribution in [0.1, 0.15) is 27.0 Å². The molecule has 0 saturated heterocycles. The summed E-state index contributed by atoms with van der Waals surface area (Å²) < 4.78 is 16.5. The summed E-state index contributed by atoms with van der Waals surface area (Å²) in [5, 5.41) is 3.41. The molecule has 1 amide bonds. The minimum Gasteiger partial charge on any atom is -0.489 e. The van der Waals surface area contributed by atoms with Crippen LogP contribution in [0.5, 0.6) is 11.5 Å². The Morgan fingerprint density at radius 2 is 1.34 bits per heavy atom. The fourth-order valence-corrected chi connectivity index (χ4v) is 3.94. The van der Waals surface area contributed by atoms with Crippen LogP contribution in [-0.2, 0) is 29.2 Å². The summed E-state index contributed by atoms with van der Waals surface area (Å²) in [5.74, 6) is 0.400. The molecule has 4 aromatic carbocycles. The van der Waals surface area contributed by atoms with Gasteiger partial charge in [0.05, 0.1) is 7.11 Å². The van der Waals surface area contributed by atoms with Gasteiger partial charge in [0.15, 0.2) is 0 Å². The van der Waals surface area contributed by atoms with Crippen molar-refractivity contribution >= 4 is 23.5 Å². The van der Waals surface area contributed by atoms with Crippen LogP contribution in [0.25, 0.3) is 0 Å². The summed E-state index contributed by atoms with van der Waals surface area (Å²) in [4.78, 5) is 25.3. The van der Waals surface area contributed by atoms with Gasteiger partial charge in [0.1, 0.15) is 30.8 Å². The molecule has 0 fully saturated rings. The quantitative estimate of drug-likeness (QED) is 0.241. The number of hydrogen-bond donors (Lipinski definition) is 1. The second kappa shape index (κ2) is 13.3. The number of benzene rings is 4. The summed E-state index contributed by atoms with van der Waals surface area (Å²) in [5.41, 5.74) is 3.20. The molecule has 0 aromatic heterocycles. The van der Waals surface area contributed by atoms with Gasteiger partial charge in [-0.2, -0.15) is 0 Å². The summed E-state index contributed by atoms with van der Waals surface area (Å²) >= 11 is 6.17. The molecule has 4 rings (SSSR count). The minimum atomic E-state index is -0.847. The van der Waals surface area contributed by atoms with Crippen LogP contribution in [0.15, 0.2) is 103 Å². The highest BCUT2D eigenvalue weighted by Crippen LogP contribution is 2.20. The van der Waals surface area contributed by atoms with Crippen molar-refractivity contribution in [1.29, 1.82) is 0 Å². The van der Waals surface area contributed by atoms with Crippen LogP contribution in [0.4, 0.5) is 0 Å². The molecule has 0 aliphatic rings. The average molecular weight is 530 g/mol. The number of hydrogen-bond acceptors (Lipinski definition) is 5. The fraction of sp³-hybridized carbons (Fsp3) is 0.161. The van der Waals surface area contributed by atoms with Gasteiger partial charge >= 0.3 is 5.97 Å². The number of esters is 1. The summed E-state index contributed by atoms with van der Waals surface area (Å²) in [6.45, 7) is 0.774. The van der Waals surface area contributed by atoms with Gasteiger partial charge in [0.25, 0.3) is 5.91 Å². The molecule has 0 radical (unpaired) electrons. The zero-order valence-corrected chi connectivity index (χ0v) is 21.7. The number of halogens is 1. The van der Waals surface area contributed by atoms with Crippen LogP contribution in [0, 0.1) is 0 Å². The van der Waals surface area contributed by atoms with E-state index in [-0.39, 0.29) is 12.3 Å². The van der Waals surface area contributed by atoms with Gasteiger partial charge in [-0.15, -0.1) is 0 Å². The molecule has 6 nitrogen and oxygen atoms in total. The Hall–Kier alpha value is -4.29. The molecule has 38 heavy (non-hydrogen) atoms. The summed E-state index contributed by atoms with van der Waals surface area (Å²) in [7, 11) is 1.30. The lowest BCUT2D eigenvalue weighted by Crippen LogP contribution is -2.43. The van der Waals surface area contributed by atoms with Gasteiger partial charge in [0, 0.05) is 22.6 Å². The molecular formula is C31H28ClNO5. The van der Waals surface area contributed by atoms with Crippen LogP contribution in [-0.4, -0.2) is 25.0 Å². The molecule has 0 aliphatic carbocycles. The molecule has 194 valence electrons. The molecule has 7 heteroatoms. The van der Waals surface area contributed by atoms with Gasteiger partial charge < -0.3 is 19.5 Å². The van der Waals surface area contributed by atoms with Crippen molar-refractivity contribution in [3.8, 4) is 11.5 Å². The molecule has 0 unspecified atom stereocenters. The van der Waals surface area contributed by atoms with Gasteiger partial charge in [-0.1, -0.05) is 72.3 Å². The van der Waals surface area contributed by atoms with E-state index in [1.165, 1.54) is 7.11 Å². The van der Waals surface area contributed by atoms with Gasteiger partial charge in [-0.3, -0.25) is 4.79 Å². The molecule has 0 spiro atoms. The Bertz CT molecular complexity index is 1340. The van der Waals surface area contributed by atoms with E-state index < -0.39 is 12.0 Å². The molecule has 1 N–H and O–H groups in total. The van der Waals surface area contributed by atoms with E-state index in [4.69, 9.17) is 25.8 Å². The average Bonchev–Trinajstić information content (AvgIpc) is 2.96. The first-order valence-electron chi connectivity index (χ1n) is 12.1. The van der Waals surface area contributed by atoms with Crippen LogP contribution >= 0.6 is 11.6 Å². The zero-order chi connectivity index (χ0) is 26.7. The number of carbonyl (C=O) groups is 2. The van der Waals surface area contributed by atoms with Gasteiger partial charge in [-0.25, -0.2) is 4.79 Å². The molecule has 0 heterocycles. The van der Waals surface area contributed by atoms with Crippen molar-refractivity contribution < 1.29 is 23.8 Å². The van der Waals surface area contributed by atoms with E-state index in [9.17, 15) is 9.59 Å². The maximum absolute atomic E-state index is 12.9. The first-order valence-corrected chi connectivity index (χ1v) is 12.5. The lowest BCUT2D eigenvalue weighted by molar-refractivity contribution is -0.142. The number of ether oxygens (including phenoxy) is 3. The predicted molar refractivity (Wildman–Crippen MR) is 146 cm³/mol. The number of nitrogens with one attached hydrogen (secondary N) is 1. The van der Waals surface area contributed by atoms with Crippen LogP contribution in [0.3, 0.4) is 0 Å². The minimum absolute atomic E-state index is 0.274. The Morgan fingerprint density at radius 3 is 2.00 bits per heavy atom. The highest BCUT2D eigenvalue weighted by Gasteiger charge is 2.23. The van der Waals surface area contributed by atoms with Crippen molar-refractivity contribution in [3.05, 3.63) is 130 Å². The second-order valence-electron chi connectivity index (χ2n) is 8.58. The van der Waals surface area contributed by atoms with E-state index in [0.717, 1.165) is 16.7 Å². The Balaban J connectivity index is 1.33.